The molecule has 2 rings (SSSR count). The number of hydrogen-bond donors (Lipinski definition) is 1. The van der Waals surface area contributed by atoms with Crippen LogP contribution in [0.3, 0.4) is 0 Å². The molecular formula is C23H21F2IO4. The third kappa shape index (κ3) is 7.76. The minimum Gasteiger partial charge on any atom is -0.488 e. The van der Waals surface area contributed by atoms with Gasteiger partial charge in [-0.3, -0.25) is 0 Å². The molecule has 0 radical (unpaired) electrons. The van der Waals surface area contributed by atoms with Crippen LogP contribution in [0.25, 0.3) is 0 Å². The minimum atomic E-state index is -0.991. The molecular weight excluding hydrogens is 505 g/mol. The highest BCUT2D eigenvalue weighted by Crippen LogP contribution is 2.23. The number of aliphatic carboxylic acids is 1. The topological polar surface area (TPSA) is 55.8 Å². The van der Waals surface area contributed by atoms with Crippen molar-refractivity contribution >= 4 is 28.6 Å². The Morgan fingerprint density at radius 2 is 1.93 bits per heavy atom. The highest BCUT2D eigenvalue weighted by molar-refractivity contribution is 14.1. The molecule has 0 saturated heterocycles. The van der Waals surface area contributed by atoms with Crippen molar-refractivity contribution in [3.63, 3.8) is 0 Å². The summed E-state index contributed by atoms with van der Waals surface area (Å²) < 4.78 is 38.2. The zero-order valence-corrected chi connectivity index (χ0v) is 18.7. The monoisotopic (exact) mass is 526 g/mol. The Morgan fingerprint density at radius 3 is 2.53 bits per heavy atom. The van der Waals surface area contributed by atoms with Crippen molar-refractivity contribution in [2.75, 3.05) is 13.2 Å². The van der Waals surface area contributed by atoms with E-state index >= 15 is 0 Å². The molecule has 7 heteroatoms. The number of carboxylic acids is 1. The van der Waals surface area contributed by atoms with Crippen LogP contribution in [0.2, 0.25) is 0 Å². The smallest absolute Gasteiger partial charge is 0.333 e. The summed E-state index contributed by atoms with van der Waals surface area (Å²) in [7, 11) is 0. The van der Waals surface area contributed by atoms with Crippen molar-refractivity contribution in [2.45, 2.75) is 26.4 Å². The van der Waals surface area contributed by atoms with Gasteiger partial charge in [-0.15, -0.1) is 0 Å². The molecule has 0 amide bonds. The van der Waals surface area contributed by atoms with Crippen molar-refractivity contribution in [3.8, 4) is 17.6 Å². The predicted octanol–water partition coefficient (Wildman–Crippen LogP) is 4.98. The molecule has 2 aromatic carbocycles. The summed E-state index contributed by atoms with van der Waals surface area (Å²) in [6, 6.07) is 8.59. The van der Waals surface area contributed by atoms with Crippen LogP contribution in [0.4, 0.5) is 8.78 Å². The summed E-state index contributed by atoms with van der Waals surface area (Å²) in [5.41, 5.74) is 1.80. The predicted molar refractivity (Wildman–Crippen MR) is 118 cm³/mol. The standard InChI is InChI=1S/C23H21F2IO4/c1-3-29-22(23(27)28)13-17-6-7-21(20(26)12-17)30-9-8-15(2)4-5-16-10-18(24)14-19(25)11-16/h6-8,10-12,14,22H,3,9,13H2,1-2H3,(H,27,28)/b15-8+/t22-/m0/s1. The zero-order chi connectivity index (χ0) is 22.1. The van der Waals surface area contributed by atoms with Crippen LogP contribution < -0.4 is 4.74 Å². The van der Waals surface area contributed by atoms with Crippen LogP contribution in [-0.4, -0.2) is 30.4 Å². The Morgan fingerprint density at radius 1 is 1.23 bits per heavy atom. The number of carbonyl (C=O) groups is 1. The molecule has 0 aliphatic heterocycles. The molecule has 0 spiro atoms. The van der Waals surface area contributed by atoms with Gasteiger partial charge in [0.2, 0.25) is 0 Å². The van der Waals surface area contributed by atoms with E-state index in [9.17, 15) is 18.7 Å². The SMILES string of the molecule is CCO[C@@H](Cc1ccc(OC/C=C(\C)C#Cc2cc(F)cc(F)c2)c(I)c1)C(=O)O. The first-order valence-corrected chi connectivity index (χ1v) is 10.3. The summed E-state index contributed by atoms with van der Waals surface area (Å²) in [5, 5.41) is 9.20. The molecule has 0 saturated carbocycles. The maximum absolute atomic E-state index is 13.2. The van der Waals surface area contributed by atoms with E-state index in [1.807, 2.05) is 6.07 Å². The third-order valence-electron chi connectivity index (χ3n) is 3.96. The average molecular weight is 526 g/mol. The van der Waals surface area contributed by atoms with Gasteiger partial charge in [0.15, 0.2) is 6.10 Å². The summed E-state index contributed by atoms with van der Waals surface area (Å²) in [4.78, 5) is 11.2. The Kier molecular flexibility index (Phi) is 9.27. The normalized spacial score (nSPS) is 12.1. The lowest BCUT2D eigenvalue weighted by atomic mass is 10.1. The van der Waals surface area contributed by atoms with Gasteiger partial charge >= 0.3 is 5.97 Å². The lowest BCUT2D eigenvalue weighted by Crippen LogP contribution is -2.26. The fourth-order valence-corrected chi connectivity index (χ4v) is 3.26. The molecule has 1 atom stereocenters. The van der Waals surface area contributed by atoms with Gasteiger partial charge in [-0.2, -0.15) is 0 Å². The lowest BCUT2D eigenvalue weighted by Gasteiger charge is -2.13. The summed E-state index contributed by atoms with van der Waals surface area (Å²) in [6.07, 6.45) is 1.16. The molecule has 0 bridgehead atoms. The first kappa shape index (κ1) is 23.8. The average Bonchev–Trinajstić information content (AvgIpc) is 2.67. The highest BCUT2D eigenvalue weighted by Gasteiger charge is 2.18. The maximum atomic E-state index is 13.2. The van der Waals surface area contributed by atoms with Crippen LogP contribution in [0.1, 0.15) is 25.0 Å². The molecule has 4 nitrogen and oxygen atoms in total. The molecule has 0 aliphatic rings. The number of benzene rings is 2. The molecule has 0 heterocycles. The van der Waals surface area contributed by atoms with E-state index < -0.39 is 23.7 Å². The second-order valence-electron chi connectivity index (χ2n) is 6.36. The lowest BCUT2D eigenvalue weighted by molar-refractivity contribution is -0.149. The number of hydrogen-bond acceptors (Lipinski definition) is 3. The van der Waals surface area contributed by atoms with Gasteiger partial charge < -0.3 is 14.6 Å². The Bertz CT molecular complexity index is 972. The number of halogens is 3. The van der Waals surface area contributed by atoms with Gasteiger partial charge in [-0.25, -0.2) is 13.6 Å². The van der Waals surface area contributed by atoms with Gasteiger partial charge in [0, 0.05) is 24.7 Å². The van der Waals surface area contributed by atoms with E-state index in [0.717, 1.165) is 15.2 Å². The van der Waals surface area contributed by atoms with Crippen molar-refractivity contribution in [3.05, 3.63) is 74.4 Å². The molecule has 0 unspecified atom stereocenters. The molecule has 30 heavy (non-hydrogen) atoms. The van der Waals surface area contributed by atoms with E-state index in [2.05, 4.69) is 34.4 Å². The second-order valence-corrected chi connectivity index (χ2v) is 7.52. The number of rotatable bonds is 8. The largest absolute Gasteiger partial charge is 0.488 e. The number of carboxylic acid groups (broad SMARTS) is 1. The third-order valence-corrected chi connectivity index (χ3v) is 4.80. The maximum Gasteiger partial charge on any atom is 0.333 e. The molecule has 0 aliphatic carbocycles. The highest BCUT2D eigenvalue weighted by atomic mass is 127. The molecule has 0 fully saturated rings. The van der Waals surface area contributed by atoms with E-state index in [0.29, 0.717) is 17.9 Å². The van der Waals surface area contributed by atoms with E-state index in [1.165, 1.54) is 12.1 Å². The Hall–Kier alpha value is -2.44. The van der Waals surface area contributed by atoms with E-state index in [1.54, 1.807) is 32.1 Å². The number of allylic oxidation sites excluding steroid dienone is 1. The summed E-state index contributed by atoms with van der Waals surface area (Å²) in [6.45, 7) is 4.13. The fraction of sp³-hybridized carbons (Fsp3) is 0.261. The van der Waals surface area contributed by atoms with Crippen LogP contribution in [0, 0.1) is 27.0 Å². The zero-order valence-electron chi connectivity index (χ0n) is 16.5. The summed E-state index contributed by atoms with van der Waals surface area (Å²) in [5.74, 6) is 3.88. The van der Waals surface area contributed by atoms with Gasteiger partial charge in [-0.05, 0) is 77.9 Å². The summed E-state index contributed by atoms with van der Waals surface area (Å²) >= 11 is 2.13. The molecule has 0 aromatic heterocycles. The van der Waals surface area contributed by atoms with Gasteiger partial charge in [-0.1, -0.05) is 17.9 Å². The van der Waals surface area contributed by atoms with Crippen molar-refractivity contribution in [2.24, 2.45) is 0 Å². The van der Waals surface area contributed by atoms with Gasteiger partial charge in [0.25, 0.3) is 0 Å². The quantitative estimate of drug-likeness (QED) is 0.390. The number of ether oxygens (including phenoxy) is 2. The second kappa shape index (κ2) is 11.7. The Balaban J connectivity index is 1.97. The van der Waals surface area contributed by atoms with Crippen LogP contribution in [0.5, 0.6) is 5.75 Å². The fourth-order valence-electron chi connectivity index (χ4n) is 2.53. The minimum absolute atomic E-state index is 0.262. The van der Waals surface area contributed by atoms with Crippen LogP contribution in [-0.2, 0) is 16.0 Å². The van der Waals surface area contributed by atoms with Crippen molar-refractivity contribution in [1.29, 1.82) is 0 Å². The molecule has 158 valence electrons. The van der Waals surface area contributed by atoms with E-state index in [4.69, 9.17) is 9.47 Å². The first-order valence-electron chi connectivity index (χ1n) is 9.19. The molecule has 1 N–H and O–H groups in total. The van der Waals surface area contributed by atoms with Crippen LogP contribution >= 0.6 is 22.6 Å². The Labute approximate surface area is 188 Å². The molecule has 2 aromatic rings. The van der Waals surface area contributed by atoms with Crippen LogP contribution in [0.15, 0.2) is 48.0 Å². The van der Waals surface area contributed by atoms with Crippen molar-refractivity contribution < 1.29 is 28.2 Å². The van der Waals surface area contributed by atoms with Gasteiger partial charge in [0.05, 0.1) is 3.57 Å². The van der Waals surface area contributed by atoms with Gasteiger partial charge in [0.1, 0.15) is 24.0 Å². The van der Waals surface area contributed by atoms with Crippen molar-refractivity contribution in [1.82, 2.24) is 0 Å². The van der Waals surface area contributed by atoms with E-state index in [-0.39, 0.29) is 18.6 Å². The first-order chi connectivity index (χ1) is 14.3.